The van der Waals surface area contributed by atoms with Crippen LogP contribution in [0.5, 0.6) is 11.5 Å². The van der Waals surface area contributed by atoms with Crippen molar-refractivity contribution in [3.8, 4) is 11.5 Å². The van der Waals surface area contributed by atoms with Crippen LogP contribution in [-0.4, -0.2) is 35.5 Å². The van der Waals surface area contributed by atoms with Crippen molar-refractivity contribution in [2.24, 2.45) is 0 Å². The minimum absolute atomic E-state index is 0.00503. The largest absolute Gasteiger partial charge is 0.507 e. The van der Waals surface area contributed by atoms with Gasteiger partial charge in [0.2, 0.25) is 0 Å². The number of aliphatic hydroxyl groups is 1. The summed E-state index contributed by atoms with van der Waals surface area (Å²) in [5.41, 5.74) is 3.88. The Balaban J connectivity index is 1.72. The number of aryl methyl sites for hydroxylation is 2. The van der Waals surface area contributed by atoms with Crippen molar-refractivity contribution in [2.75, 3.05) is 18.6 Å². The third-order valence-electron chi connectivity index (χ3n) is 6.32. The topological polar surface area (TPSA) is 89.0 Å². The summed E-state index contributed by atoms with van der Waals surface area (Å²) in [6, 6.07) is 17.1. The third-order valence-corrected chi connectivity index (χ3v) is 7.32. The maximum atomic E-state index is 13.5. The molecule has 4 aromatic rings. The molecule has 1 aromatic heterocycles. The molecule has 0 spiro atoms. The molecule has 0 radical (unpaired) electrons. The van der Waals surface area contributed by atoms with Crippen LogP contribution in [0.15, 0.2) is 66.2 Å². The number of anilines is 1. The number of benzene rings is 3. The highest BCUT2D eigenvalue weighted by atomic mass is 32.1. The van der Waals surface area contributed by atoms with Crippen molar-refractivity contribution in [3.05, 3.63) is 88.5 Å². The number of methoxy groups -OCH3 is 1. The second kappa shape index (κ2) is 9.71. The molecule has 0 unspecified atom stereocenters. The van der Waals surface area contributed by atoms with Crippen molar-refractivity contribution in [1.82, 2.24) is 4.98 Å². The normalized spacial score (nSPS) is 17.0. The summed E-state index contributed by atoms with van der Waals surface area (Å²) in [7, 11) is 1.52. The average Bonchev–Trinajstić information content (AvgIpc) is 3.43. The summed E-state index contributed by atoms with van der Waals surface area (Å²) in [4.78, 5) is 33.1. The monoisotopic (exact) mass is 514 g/mol. The molecule has 37 heavy (non-hydrogen) atoms. The number of aromatic nitrogens is 1. The van der Waals surface area contributed by atoms with E-state index in [9.17, 15) is 14.7 Å². The molecule has 8 heteroatoms. The van der Waals surface area contributed by atoms with Gasteiger partial charge in [-0.15, -0.1) is 0 Å². The van der Waals surface area contributed by atoms with Crippen molar-refractivity contribution < 1.29 is 24.2 Å². The molecule has 2 heterocycles. The van der Waals surface area contributed by atoms with E-state index in [2.05, 4.69) is 0 Å². The number of fused-ring (bicyclic) bond motifs is 1. The number of carbonyl (C=O) groups excluding carboxylic acids is 2. The molecule has 1 saturated heterocycles. The van der Waals surface area contributed by atoms with Gasteiger partial charge in [-0.3, -0.25) is 14.5 Å². The van der Waals surface area contributed by atoms with Crippen LogP contribution < -0.4 is 14.4 Å². The van der Waals surface area contributed by atoms with Gasteiger partial charge in [0.25, 0.3) is 5.78 Å². The Bertz CT molecular complexity index is 1550. The number of nitrogens with zero attached hydrogens (tertiary/aromatic N) is 2. The molecule has 1 atom stereocenters. The number of rotatable bonds is 6. The molecular weight excluding hydrogens is 488 g/mol. The standard InChI is InChI=1S/C29H26N2O5S/c1-5-36-20-11-9-18(10-12-20)25-23(26(32)19-7-6-8-21(15-19)35-4)27(33)28(34)31(25)29-30-24-17(3)13-16(2)14-22(24)37-29/h6-15,25,32H,5H2,1-4H3/t25-/m1/s1. The van der Waals surface area contributed by atoms with Crippen molar-refractivity contribution >= 4 is 44.1 Å². The molecule has 0 saturated carbocycles. The van der Waals surface area contributed by atoms with Crippen LogP contribution in [-0.2, 0) is 9.59 Å². The van der Waals surface area contributed by atoms with E-state index in [4.69, 9.17) is 14.5 Å². The summed E-state index contributed by atoms with van der Waals surface area (Å²) < 4.78 is 11.8. The first kappa shape index (κ1) is 24.5. The summed E-state index contributed by atoms with van der Waals surface area (Å²) >= 11 is 1.35. The van der Waals surface area contributed by atoms with Gasteiger partial charge in [-0.1, -0.05) is 41.7 Å². The van der Waals surface area contributed by atoms with Crippen LogP contribution in [0.3, 0.4) is 0 Å². The van der Waals surface area contributed by atoms with Crippen LogP contribution >= 0.6 is 11.3 Å². The maximum absolute atomic E-state index is 13.5. The molecule has 1 amide bonds. The molecule has 188 valence electrons. The number of hydrogen-bond acceptors (Lipinski definition) is 7. The number of amides is 1. The SMILES string of the molecule is CCOc1ccc([C@@H]2C(=C(O)c3cccc(OC)c3)C(=O)C(=O)N2c2nc3c(C)cc(C)cc3s2)cc1. The van der Waals surface area contributed by atoms with E-state index < -0.39 is 17.7 Å². The van der Waals surface area contributed by atoms with E-state index in [1.807, 2.05) is 32.9 Å². The van der Waals surface area contributed by atoms with Crippen LogP contribution in [0.4, 0.5) is 5.13 Å². The molecule has 3 aromatic carbocycles. The number of thiazole rings is 1. The second-order valence-electron chi connectivity index (χ2n) is 8.83. The smallest absolute Gasteiger partial charge is 0.301 e. The number of Topliss-reactive ketones (excluding diaryl/α,β-unsaturated/α-hetero) is 1. The zero-order valence-corrected chi connectivity index (χ0v) is 21.8. The Morgan fingerprint density at radius 3 is 2.51 bits per heavy atom. The van der Waals surface area contributed by atoms with Crippen molar-refractivity contribution in [1.29, 1.82) is 0 Å². The van der Waals surface area contributed by atoms with E-state index in [0.717, 1.165) is 21.3 Å². The van der Waals surface area contributed by atoms with Gasteiger partial charge in [0.1, 0.15) is 17.3 Å². The third kappa shape index (κ3) is 4.34. The van der Waals surface area contributed by atoms with Gasteiger partial charge in [-0.2, -0.15) is 0 Å². The zero-order chi connectivity index (χ0) is 26.3. The number of carbonyl (C=O) groups is 2. The molecule has 5 rings (SSSR count). The molecule has 1 N–H and O–H groups in total. The molecular formula is C29H26N2O5S. The number of ether oxygens (including phenoxy) is 2. The lowest BCUT2D eigenvalue weighted by molar-refractivity contribution is -0.132. The van der Waals surface area contributed by atoms with E-state index in [0.29, 0.717) is 34.4 Å². The van der Waals surface area contributed by atoms with Crippen LogP contribution in [0.25, 0.3) is 16.0 Å². The van der Waals surface area contributed by atoms with Gasteiger partial charge in [0.05, 0.1) is 35.5 Å². The Hall–Kier alpha value is -4.17. The minimum Gasteiger partial charge on any atom is -0.507 e. The lowest BCUT2D eigenvalue weighted by atomic mass is 9.95. The first-order chi connectivity index (χ1) is 17.8. The van der Waals surface area contributed by atoms with E-state index in [-0.39, 0.29) is 11.3 Å². The molecule has 1 aliphatic heterocycles. The van der Waals surface area contributed by atoms with Crippen molar-refractivity contribution in [2.45, 2.75) is 26.8 Å². The summed E-state index contributed by atoms with van der Waals surface area (Å²) in [5.74, 6) is -0.593. The molecule has 1 fully saturated rings. The zero-order valence-electron chi connectivity index (χ0n) is 20.9. The summed E-state index contributed by atoms with van der Waals surface area (Å²) in [5, 5.41) is 11.8. The number of ketones is 1. The van der Waals surface area contributed by atoms with Crippen LogP contribution in [0.1, 0.15) is 35.2 Å². The first-order valence-corrected chi connectivity index (χ1v) is 12.7. The van der Waals surface area contributed by atoms with Gasteiger partial charge in [0.15, 0.2) is 5.13 Å². The van der Waals surface area contributed by atoms with Crippen molar-refractivity contribution in [3.63, 3.8) is 0 Å². The fourth-order valence-electron chi connectivity index (χ4n) is 4.65. The van der Waals surface area contributed by atoms with Gasteiger partial charge in [-0.25, -0.2) is 4.98 Å². The lowest BCUT2D eigenvalue weighted by Crippen LogP contribution is -2.29. The highest BCUT2D eigenvalue weighted by Crippen LogP contribution is 2.45. The van der Waals surface area contributed by atoms with Gasteiger partial charge in [0, 0.05) is 5.56 Å². The minimum atomic E-state index is -0.871. The van der Waals surface area contributed by atoms with Crippen LogP contribution in [0, 0.1) is 13.8 Å². The Morgan fingerprint density at radius 2 is 1.81 bits per heavy atom. The second-order valence-corrected chi connectivity index (χ2v) is 9.84. The Morgan fingerprint density at radius 1 is 1.05 bits per heavy atom. The summed E-state index contributed by atoms with van der Waals surface area (Å²) in [6.45, 7) is 6.39. The van der Waals surface area contributed by atoms with E-state index >= 15 is 0 Å². The quantitative estimate of drug-likeness (QED) is 0.194. The van der Waals surface area contributed by atoms with Gasteiger partial charge in [-0.05, 0) is 67.8 Å². The van der Waals surface area contributed by atoms with Gasteiger partial charge >= 0.3 is 5.91 Å². The Labute approximate surface area is 218 Å². The highest BCUT2D eigenvalue weighted by Gasteiger charge is 2.48. The predicted molar refractivity (Wildman–Crippen MR) is 144 cm³/mol. The molecule has 0 bridgehead atoms. The maximum Gasteiger partial charge on any atom is 0.301 e. The fourth-order valence-corrected chi connectivity index (χ4v) is 5.81. The highest BCUT2D eigenvalue weighted by molar-refractivity contribution is 7.22. The lowest BCUT2D eigenvalue weighted by Gasteiger charge is -2.23. The Kier molecular flexibility index (Phi) is 6.43. The van der Waals surface area contributed by atoms with E-state index in [1.165, 1.54) is 23.3 Å². The fraction of sp³-hybridized carbons (Fsp3) is 0.207. The predicted octanol–water partition coefficient (Wildman–Crippen LogP) is 5.95. The van der Waals surface area contributed by atoms with Gasteiger partial charge < -0.3 is 14.6 Å². The molecule has 1 aliphatic rings. The average molecular weight is 515 g/mol. The molecule has 0 aliphatic carbocycles. The van der Waals surface area contributed by atoms with Crippen LogP contribution in [0.2, 0.25) is 0 Å². The number of aliphatic hydroxyl groups excluding tert-OH is 1. The first-order valence-electron chi connectivity index (χ1n) is 11.9. The molecule has 7 nitrogen and oxygen atoms in total. The summed E-state index contributed by atoms with van der Waals surface area (Å²) in [6.07, 6.45) is 0. The van der Waals surface area contributed by atoms with E-state index in [1.54, 1.807) is 48.5 Å². The number of hydrogen-bond donors (Lipinski definition) is 1.